The van der Waals surface area contributed by atoms with Gasteiger partial charge in [0.05, 0.1) is 0 Å². The molecule has 0 atom stereocenters. The van der Waals surface area contributed by atoms with Crippen molar-refractivity contribution in [3.05, 3.63) is 10.0 Å². The second-order valence-electron chi connectivity index (χ2n) is 4.69. The lowest BCUT2D eigenvalue weighted by molar-refractivity contribution is 0.226. The lowest BCUT2D eigenvalue weighted by Crippen LogP contribution is -2.26. The van der Waals surface area contributed by atoms with E-state index in [0.29, 0.717) is 0 Å². The molecule has 0 aromatic carbocycles. The molecule has 0 saturated heterocycles. The van der Waals surface area contributed by atoms with Gasteiger partial charge in [-0.1, -0.05) is 35.4 Å². The topological polar surface area (TPSA) is 29.0 Å². The van der Waals surface area contributed by atoms with E-state index in [9.17, 15) is 0 Å². The van der Waals surface area contributed by atoms with Crippen LogP contribution in [0.4, 0.5) is 0 Å². The third-order valence-electron chi connectivity index (χ3n) is 3.22. The Hall–Kier alpha value is -0.190. The number of nitrogens with zero attached hydrogens (tertiary/aromatic N) is 3. The summed E-state index contributed by atoms with van der Waals surface area (Å²) in [5.74, 6) is 0.865. The highest BCUT2D eigenvalue weighted by atomic mass is 35.5. The highest BCUT2D eigenvalue weighted by molar-refractivity contribution is 7.10. The largest absolute Gasteiger partial charge is 0.300 e. The Morgan fingerprint density at radius 2 is 2.12 bits per heavy atom. The van der Waals surface area contributed by atoms with Crippen molar-refractivity contribution in [3.63, 3.8) is 0 Å². The monoisotopic (exact) mass is 259 g/mol. The highest BCUT2D eigenvalue weighted by Gasteiger charge is 2.16. The van der Waals surface area contributed by atoms with Crippen LogP contribution < -0.4 is 0 Å². The van der Waals surface area contributed by atoms with Gasteiger partial charge >= 0.3 is 0 Å². The highest BCUT2D eigenvalue weighted by Crippen LogP contribution is 2.25. The first-order valence-electron chi connectivity index (χ1n) is 5.91. The normalized spacial score (nSPS) is 18.2. The van der Waals surface area contributed by atoms with Crippen LogP contribution in [0.3, 0.4) is 0 Å². The molecule has 5 heteroatoms. The molecule has 1 heterocycles. The van der Waals surface area contributed by atoms with E-state index < -0.39 is 0 Å². The maximum absolute atomic E-state index is 5.99. The van der Waals surface area contributed by atoms with Gasteiger partial charge in [-0.05, 0) is 25.8 Å². The van der Waals surface area contributed by atoms with E-state index >= 15 is 0 Å². The van der Waals surface area contributed by atoms with Crippen molar-refractivity contribution in [2.24, 2.45) is 5.92 Å². The third-order valence-corrected chi connectivity index (χ3v) is 4.21. The van der Waals surface area contributed by atoms with E-state index in [1.54, 1.807) is 0 Å². The van der Waals surface area contributed by atoms with E-state index in [-0.39, 0.29) is 0 Å². The van der Waals surface area contributed by atoms with Crippen LogP contribution in [0.2, 0.25) is 4.34 Å². The molecule has 90 valence electrons. The Labute approximate surface area is 106 Å². The van der Waals surface area contributed by atoms with Crippen molar-refractivity contribution in [1.82, 2.24) is 14.5 Å². The summed E-state index contributed by atoms with van der Waals surface area (Å²) in [6, 6.07) is 0. The first kappa shape index (κ1) is 12.3. The first-order valence-corrected chi connectivity index (χ1v) is 7.06. The zero-order valence-electron chi connectivity index (χ0n) is 9.65. The Kier molecular flexibility index (Phi) is 4.55. The van der Waals surface area contributed by atoms with Gasteiger partial charge in [-0.15, -0.1) is 5.10 Å². The summed E-state index contributed by atoms with van der Waals surface area (Å²) in [6.45, 7) is 1.99. The Morgan fingerprint density at radius 3 is 2.75 bits per heavy atom. The fourth-order valence-corrected chi connectivity index (χ4v) is 3.03. The molecule has 1 aromatic rings. The second-order valence-corrected chi connectivity index (χ2v) is 6.05. The summed E-state index contributed by atoms with van der Waals surface area (Å²) in [7, 11) is 2.14. The molecule has 0 spiro atoms. The fourth-order valence-electron chi connectivity index (χ4n) is 2.42. The quantitative estimate of drug-likeness (QED) is 0.832. The average molecular weight is 260 g/mol. The molecule has 0 N–H and O–H groups in total. The minimum Gasteiger partial charge on any atom is -0.300 e. The molecule has 1 saturated carbocycles. The summed E-state index contributed by atoms with van der Waals surface area (Å²) in [6.07, 6.45) is 6.98. The van der Waals surface area contributed by atoms with E-state index in [1.807, 2.05) is 0 Å². The lowest BCUT2D eigenvalue weighted by atomic mass is 9.89. The summed E-state index contributed by atoms with van der Waals surface area (Å²) in [4.78, 5) is 2.32. The molecule has 0 bridgehead atoms. The molecule has 0 unspecified atom stereocenters. The Morgan fingerprint density at radius 1 is 1.38 bits per heavy atom. The molecular weight excluding hydrogens is 242 g/mol. The summed E-state index contributed by atoms with van der Waals surface area (Å²) < 4.78 is 4.59. The van der Waals surface area contributed by atoms with Crippen LogP contribution in [0.15, 0.2) is 0 Å². The van der Waals surface area contributed by atoms with Crippen LogP contribution in [0.1, 0.15) is 37.8 Å². The van der Waals surface area contributed by atoms with Crippen LogP contribution in [0.5, 0.6) is 0 Å². The fraction of sp³-hybridized carbons (Fsp3) is 0.818. The van der Waals surface area contributed by atoms with Crippen LogP contribution in [0.25, 0.3) is 0 Å². The van der Waals surface area contributed by atoms with E-state index in [2.05, 4.69) is 21.5 Å². The molecule has 0 radical (unpaired) electrons. The first-order chi connectivity index (χ1) is 7.75. The molecular formula is C11H18ClN3S. The minimum atomic E-state index is 0.732. The zero-order chi connectivity index (χ0) is 11.4. The second kappa shape index (κ2) is 5.94. The molecule has 16 heavy (non-hydrogen) atoms. The number of rotatable bonds is 4. The maximum atomic E-state index is 5.99. The lowest BCUT2D eigenvalue weighted by Gasteiger charge is -2.26. The van der Waals surface area contributed by atoms with Crippen LogP contribution in [-0.4, -0.2) is 28.1 Å². The van der Waals surface area contributed by atoms with Crippen LogP contribution in [0, 0.1) is 5.92 Å². The number of aromatic nitrogens is 2. The predicted octanol–water partition coefficient (Wildman–Crippen LogP) is 3.20. The average Bonchev–Trinajstić information content (AvgIpc) is 2.66. The number of hydrogen-bond donors (Lipinski definition) is 0. The van der Waals surface area contributed by atoms with Gasteiger partial charge in [0.1, 0.15) is 10.0 Å². The van der Waals surface area contributed by atoms with Gasteiger partial charge in [0.15, 0.2) is 0 Å². The molecule has 0 amide bonds. The maximum Gasteiger partial charge on any atom is 0.138 e. The van der Waals surface area contributed by atoms with Crippen LogP contribution >= 0.6 is 23.1 Å². The molecule has 2 rings (SSSR count). The van der Waals surface area contributed by atoms with E-state index in [0.717, 1.165) is 29.0 Å². The number of halogens is 1. The van der Waals surface area contributed by atoms with Gasteiger partial charge in [-0.2, -0.15) is 0 Å². The zero-order valence-corrected chi connectivity index (χ0v) is 11.2. The van der Waals surface area contributed by atoms with Gasteiger partial charge in [-0.25, -0.2) is 0 Å². The molecule has 0 aliphatic heterocycles. The third kappa shape index (κ3) is 3.40. The summed E-state index contributed by atoms with van der Waals surface area (Å²) in [5, 5.41) is 4.04. The molecule has 1 fully saturated rings. The van der Waals surface area contributed by atoms with Crippen molar-refractivity contribution in [2.75, 3.05) is 13.6 Å². The standard InChI is InChI=1S/C11H18ClN3S/c1-15(7-9-5-3-2-4-6-9)8-10-11(12)16-14-13-10/h9H,2-8H2,1H3. The summed E-state index contributed by atoms with van der Waals surface area (Å²) in [5.41, 5.74) is 0.921. The SMILES string of the molecule is CN(Cc1nnsc1Cl)CC1CCCCC1. The van der Waals surface area contributed by atoms with Gasteiger partial charge in [0.2, 0.25) is 0 Å². The van der Waals surface area contributed by atoms with Gasteiger partial charge in [0, 0.05) is 24.6 Å². The van der Waals surface area contributed by atoms with Gasteiger partial charge in [0.25, 0.3) is 0 Å². The molecule has 1 aliphatic rings. The smallest absolute Gasteiger partial charge is 0.138 e. The minimum absolute atomic E-state index is 0.732. The molecule has 1 aromatic heterocycles. The van der Waals surface area contributed by atoms with Gasteiger partial charge in [-0.3, -0.25) is 0 Å². The van der Waals surface area contributed by atoms with Crippen LogP contribution in [-0.2, 0) is 6.54 Å². The number of hydrogen-bond acceptors (Lipinski definition) is 4. The molecule has 3 nitrogen and oxygen atoms in total. The Bertz CT molecular complexity index is 323. The molecule has 1 aliphatic carbocycles. The van der Waals surface area contributed by atoms with Crippen molar-refractivity contribution < 1.29 is 0 Å². The van der Waals surface area contributed by atoms with E-state index in [4.69, 9.17) is 11.6 Å². The van der Waals surface area contributed by atoms with Crippen molar-refractivity contribution in [2.45, 2.75) is 38.6 Å². The Balaban J connectivity index is 1.79. The van der Waals surface area contributed by atoms with E-state index in [1.165, 1.54) is 43.6 Å². The van der Waals surface area contributed by atoms with Crippen molar-refractivity contribution >= 4 is 23.1 Å². The predicted molar refractivity (Wildman–Crippen MR) is 67.8 cm³/mol. The van der Waals surface area contributed by atoms with Gasteiger partial charge < -0.3 is 4.90 Å². The van der Waals surface area contributed by atoms with Crippen molar-refractivity contribution in [3.8, 4) is 0 Å². The summed E-state index contributed by atoms with van der Waals surface area (Å²) >= 11 is 7.26. The van der Waals surface area contributed by atoms with Crippen molar-refractivity contribution in [1.29, 1.82) is 0 Å².